The summed E-state index contributed by atoms with van der Waals surface area (Å²) in [4.78, 5) is 24.3. The molecule has 42 heavy (non-hydrogen) atoms. The highest BCUT2D eigenvalue weighted by Crippen LogP contribution is 2.31. The first-order chi connectivity index (χ1) is 20.2. The number of aromatic amines is 1. The van der Waals surface area contributed by atoms with Gasteiger partial charge >= 0.3 is 5.69 Å². The number of halogens is 3. The number of fused-ring (bicyclic) bond motifs is 1. The van der Waals surface area contributed by atoms with Crippen molar-refractivity contribution in [2.24, 2.45) is 16.5 Å². The highest BCUT2D eigenvalue weighted by Gasteiger charge is 2.18. The summed E-state index contributed by atoms with van der Waals surface area (Å²) >= 11 is 6.20. The van der Waals surface area contributed by atoms with Gasteiger partial charge in [0, 0.05) is 35.3 Å². The van der Waals surface area contributed by atoms with Crippen molar-refractivity contribution in [1.29, 1.82) is 0 Å². The lowest BCUT2D eigenvalue weighted by Gasteiger charge is -2.20. The van der Waals surface area contributed by atoms with E-state index in [0.29, 0.717) is 59.9 Å². The van der Waals surface area contributed by atoms with Crippen LogP contribution in [0.4, 0.5) is 8.78 Å². The second-order valence-electron chi connectivity index (χ2n) is 10.4. The van der Waals surface area contributed by atoms with Crippen LogP contribution >= 0.6 is 11.6 Å². The summed E-state index contributed by atoms with van der Waals surface area (Å²) in [5.74, 6) is -0.435. The fourth-order valence-electron chi connectivity index (χ4n) is 5.00. The summed E-state index contributed by atoms with van der Waals surface area (Å²) in [7, 11) is 0. The third-order valence-corrected chi connectivity index (χ3v) is 7.38. The standard InChI is InChI=1S/C31H38ClF2N7O/c1-3-7-27(38-13-6-12-37-19(2)36)23-10-9-22(17-26(23)33)41-18-21-16-28(39-30(21)40-31(41)42)24-14-20(8-4-5-11-35)15-25(32)29(24)34/h9-10,14-18,27,38H,3-8,11-13,35H2,1-2H3,(H2,36,37)(H,39,40,42). The number of aromatic nitrogens is 3. The minimum Gasteiger partial charge on any atom is -0.388 e. The molecular weight excluding hydrogens is 560 g/mol. The predicted molar refractivity (Wildman–Crippen MR) is 166 cm³/mol. The van der Waals surface area contributed by atoms with Gasteiger partial charge in [0.05, 0.1) is 22.2 Å². The van der Waals surface area contributed by atoms with Crippen molar-refractivity contribution < 1.29 is 8.78 Å². The predicted octanol–water partition coefficient (Wildman–Crippen LogP) is 5.79. The second kappa shape index (κ2) is 14.5. The molecule has 0 saturated carbocycles. The van der Waals surface area contributed by atoms with Crippen LogP contribution in [-0.4, -0.2) is 40.0 Å². The summed E-state index contributed by atoms with van der Waals surface area (Å²) in [5, 5.41) is 4.00. The van der Waals surface area contributed by atoms with Crippen LogP contribution in [0.1, 0.15) is 63.1 Å². The normalized spacial score (nSPS) is 12.8. The van der Waals surface area contributed by atoms with Gasteiger partial charge < -0.3 is 21.8 Å². The molecule has 0 aliphatic rings. The van der Waals surface area contributed by atoms with Crippen LogP contribution in [0.25, 0.3) is 28.0 Å². The van der Waals surface area contributed by atoms with Crippen molar-refractivity contribution in [2.75, 3.05) is 19.6 Å². The van der Waals surface area contributed by atoms with E-state index in [1.54, 1.807) is 43.5 Å². The summed E-state index contributed by atoms with van der Waals surface area (Å²) in [6, 6.07) is 9.65. The van der Waals surface area contributed by atoms with Crippen LogP contribution < -0.4 is 22.5 Å². The molecule has 2 heterocycles. The molecule has 0 aliphatic heterocycles. The first-order valence-electron chi connectivity index (χ1n) is 14.3. The quantitative estimate of drug-likeness (QED) is 0.0831. The molecule has 0 bridgehead atoms. The lowest BCUT2D eigenvalue weighted by molar-refractivity contribution is 0.466. The molecule has 11 heteroatoms. The van der Waals surface area contributed by atoms with Crippen LogP contribution in [-0.2, 0) is 6.42 Å². The Morgan fingerprint density at radius 2 is 2.00 bits per heavy atom. The highest BCUT2D eigenvalue weighted by atomic mass is 35.5. The number of aryl methyl sites for hydroxylation is 1. The van der Waals surface area contributed by atoms with E-state index in [9.17, 15) is 4.79 Å². The van der Waals surface area contributed by atoms with Crippen molar-refractivity contribution in [3.63, 3.8) is 0 Å². The number of H-pyrrole nitrogens is 1. The fourth-order valence-corrected chi connectivity index (χ4v) is 5.24. The molecule has 0 spiro atoms. The average Bonchev–Trinajstić information content (AvgIpc) is 3.36. The number of aliphatic imine (C=N–C) groups is 1. The van der Waals surface area contributed by atoms with E-state index < -0.39 is 17.3 Å². The maximum absolute atomic E-state index is 15.4. The van der Waals surface area contributed by atoms with Gasteiger partial charge in [-0.15, -0.1) is 0 Å². The maximum atomic E-state index is 15.4. The van der Waals surface area contributed by atoms with Crippen molar-refractivity contribution >= 4 is 28.5 Å². The zero-order chi connectivity index (χ0) is 30.2. The maximum Gasteiger partial charge on any atom is 0.354 e. The second-order valence-corrected chi connectivity index (χ2v) is 10.9. The summed E-state index contributed by atoms with van der Waals surface area (Å²) in [5.41, 5.74) is 13.4. The Labute approximate surface area is 249 Å². The minimum absolute atomic E-state index is 0.0204. The zero-order valence-electron chi connectivity index (χ0n) is 24.0. The fraction of sp³-hybridized carbons (Fsp3) is 0.387. The summed E-state index contributed by atoms with van der Waals surface area (Å²) in [6.45, 7) is 5.65. The van der Waals surface area contributed by atoms with Gasteiger partial charge in [0.2, 0.25) is 0 Å². The molecule has 0 saturated heterocycles. The third kappa shape index (κ3) is 7.61. The minimum atomic E-state index is -0.587. The molecular formula is C31H38ClF2N7O. The Balaban J connectivity index is 1.60. The number of hydrogen-bond acceptors (Lipinski definition) is 5. The summed E-state index contributed by atoms with van der Waals surface area (Å²) in [6.07, 6.45) is 6.41. The smallest absolute Gasteiger partial charge is 0.354 e. The van der Waals surface area contributed by atoms with Crippen LogP contribution in [0.3, 0.4) is 0 Å². The van der Waals surface area contributed by atoms with E-state index in [-0.39, 0.29) is 16.6 Å². The highest BCUT2D eigenvalue weighted by molar-refractivity contribution is 6.31. The Bertz CT molecular complexity index is 1610. The lowest BCUT2D eigenvalue weighted by atomic mass is 10.0. The molecule has 1 atom stereocenters. The van der Waals surface area contributed by atoms with Gasteiger partial charge in [-0.3, -0.25) is 9.56 Å². The number of nitrogens with two attached hydrogens (primary N) is 2. The molecule has 0 aliphatic carbocycles. The first kappa shape index (κ1) is 31.3. The van der Waals surface area contributed by atoms with Gasteiger partial charge in [0.1, 0.15) is 11.5 Å². The molecule has 4 aromatic rings. The van der Waals surface area contributed by atoms with Crippen LogP contribution in [0.15, 0.2) is 52.4 Å². The zero-order valence-corrected chi connectivity index (χ0v) is 24.8. The molecule has 4 rings (SSSR count). The monoisotopic (exact) mass is 597 g/mol. The molecule has 1 unspecified atom stereocenters. The molecule has 8 nitrogen and oxygen atoms in total. The first-order valence-corrected chi connectivity index (χ1v) is 14.7. The lowest BCUT2D eigenvalue weighted by Crippen LogP contribution is -2.25. The van der Waals surface area contributed by atoms with Crippen molar-refractivity contribution in [2.45, 2.75) is 58.4 Å². The van der Waals surface area contributed by atoms with E-state index in [1.807, 2.05) is 6.92 Å². The number of nitrogens with one attached hydrogen (secondary N) is 2. The van der Waals surface area contributed by atoms with Gasteiger partial charge in [-0.2, -0.15) is 4.98 Å². The van der Waals surface area contributed by atoms with E-state index in [1.165, 1.54) is 10.6 Å². The number of benzene rings is 2. The molecule has 0 fully saturated rings. The molecule has 0 amide bonds. The topological polar surface area (TPSA) is 127 Å². The molecule has 0 radical (unpaired) electrons. The van der Waals surface area contributed by atoms with Crippen molar-refractivity contribution in [1.82, 2.24) is 19.9 Å². The number of amidine groups is 1. The van der Waals surface area contributed by atoms with Crippen molar-refractivity contribution in [3.05, 3.63) is 80.9 Å². The number of nitrogens with zero attached hydrogens (tertiary/aromatic N) is 3. The number of unbranched alkanes of at least 4 members (excludes halogenated alkanes) is 1. The van der Waals surface area contributed by atoms with Crippen LogP contribution in [0.5, 0.6) is 0 Å². The van der Waals surface area contributed by atoms with Gasteiger partial charge in [-0.1, -0.05) is 31.0 Å². The number of hydrogen-bond donors (Lipinski definition) is 4. The van der Waals surface area contributed by atoms with E-state index in [4.69, 9.17) is 23.1 Å². The van der Waals surface area contributed by atoms with Gasteiger partial charge in [0.25, 0.3) is 0 Å². The van der Waals surface area contributed by atoms with Crippen LogP contribution in [0.2, 0.25) is 5.02 Å². The number of rotatable bonds is 14. The molecule has 2 aromatic carbocycles. The Hall–Kier alpha value is -3.60. The third-order valence-electron chi connectivity index (χ3n) is 7.11. The molecule has 6 N–H and O–H groups in total. The Morgan fingerprint density at radius 1 is 1.19 bits per heavy atom. The molecule has 224 valence electrons. The SMILES string of the molecule is CCCC(NCCCN=C(C)N)c1ccc(-n2cc3cc(-c4cc(CCCCN)cc(Cl)c4F)[nH]c3nc2=O)cc1F. The Kier molecular flexibility index (Phi) is 10.8. The molecule has 2 aromatic heterocycles. The average molecular weight is 598 g/mol. The van der Waals surface area contributed by atoms with Crippen molar-refractivity contribution in [3.8, 4) is 16.9 Å². The van der Waals surface area contributed by atoms with E-state index in [0.717, 1.165) is 37.7 Å². The largest absolute Gasteiger partial charge is 0.388 e. The van der Waals surface area contributed by atoms with Gasteiger partial charge in [-0.25, -0.2) is 13.6 Å². The summed E-state index contributed by atoms with van der Waals surface area (Å²) < 4.78 is 31.7. The Morgan fingerprint density at radius 3 is 2.71 bits per heavy atom. The van der Waals surface area contributed by atoms with E-state index >= 15 is 8.78 Å². The van der Waals surface area contributed by atoms with Gasteiger partial charge in [0.15, 0.2) is 5.82 Å². The van der Waals surface area contributed by atoms with Crippen LogP contribution in [0, 0.1) is 11.6 Å². The van der Waals surface area contributed by atoms with Gasteiger partial charge in [-0.05, 0) is 88.0 Å². The van der Waals surface area contributed by atoms with E-state index in [2.05, 4.69) is 20.3 Å².